The van der Waals surface area contributed by atoms with Crippen LogP contribution in [-0.4, -0.2) is 34.4 Å². The van der Waals surface area contributed by atoms with Crippen molar-refractivity contribution in [1.82, 2.24) is 14.6 Å². The van der Waals surface area contributed by atoms with Crippen molar-refractivity contribution >= 4 is 11.3 Å². The van der Waals surface area contributed by atoms with E-state index >= 15 is 0 Å². The van der Waals surface area contributed by atoms with Crippen LogP contribution in [0.15, 0.2) is 18.5 Å². The third-order valence-electron chi connectivity index (χ3n) is 3.81. The lowest BCUT2D eigenvalue weighted by Gasteiger charge is -2.07. The molecule has 5 nitrogen and oxygen atoms in total. The Kier molecular flexibility index (Phi) is 4.39. The van der Waals surface area contributed by atoms with Gasteiger partial charge in [-0.05, 0) is 37.2 Å². The van der Waals surface area contributed by atoms with Gasteiger partial charge in [-0.3, -0.25) is 0 Å². The number of nitrogens with zero attached hydrogens (tertiary/aromatic N) is 3. The van der Waals surface area contributed by atoms with Crippen LogP contribution in [0.4, 0.5) is 5.82 Å². The van der Waals surface area contributed by atoms with Gasteiger partial charge in [-0.1, -0.05) is 13.8 Å². The Labute approximate surface area is 125 Å². The molecule has 5 heteroatoms. The fourth-order valence-corrected chi connectivity index (χ4v) is 2.27. The summed E-state index contributed by atoms with van der Waals surface area (Å²) in [6, 6.07) is 2.11. The molecule has 1 aliphatic rings. The first-order chi connectivity index (χ1) is 10.2. The number of hydrogen-bond acceptors (Lipinski definition) is 4. The minimum absolute atomic E-state index is 0.425. The van der Waals surface area contributed by atoms with E-state index in [-0.39, 0.29) is 0 Å². The summed E-state index contributed by atoms with van der Waals surface area (Å²) in [5, 5.41) is 7.96. The molecule has 21 heavy (non-hydrogen) atoms. The smallest absolute Gasteiger partial charge is 0.152 e. The summed E-state index contributed by atoms with van der Waals surface area (Å²) < 4.78 is 7.54. The van der Waals surface area contributed by atoms with Crippen LogP contribution >= 0.6 is 0 Å². The molecule has 0 radical (unpaired) electrons. The second-order valence-electron chi connectivity index (χ2n) is 6.13. The first-order valence-corrected chi connectivity index (χ1v) is 7.90. The van der Waals surface area contributed by atoms with Crippen molar-refractivity contribution < 1.29 is 4.74 Å². The zero-order chi connectivity index (χ0) is 14.7. The van der Waals surface area contributed by atoms with Gasteiger partial charge in [0.05, 0.1) is 5.69 Å². The average molecular weight is 288 g/mol. The largest absolute Gasteiger partial charge is 0.381 e. The highest BCUT2D eigenvalue weighted by atomic mass is 16.5. The second kappa shape index (κ2) is 6.43. The molecule has 0 aliphatic heterocycles. The van der Waals surface area contributed by atoms with Crippen LogP contribution in [0.3, 0.4) is 0 Å². The van der Waals surface area contributed by atoms with Gasteiger partial charge in [-0.25, -0.2) is 9.50 Å². The van der Waals surface area contributed by atoms with Gasteiger partial charge in [0.1, 0.15) is 5.52 Å². The fraction of sp³-hybridized carbons (Fsp3) is 0.625. The predicted molar refractivity (Wildman–Crippen MR) is 83.7 cm³/mol. The molecule has 1 N–H and O–H groups in total. The van der Waals surface area contributed by atoms with Crippen molar-refractivity contribution in [2.45, 2.75) is 39.0 Å². The number of hydrogen-bond donors (Lipinski definition) is 1. The van der Waals surface area contributed by atoms with E-state index in [0.29, 0.717) is 5.92 Å². The lowest BCUT2D eigenvalue weighted by molar-refractivity contribution is 0.124. The highest BCUT2D eigenvalue weighted by Crippen LogP contribution is 2.28. The SMILES string of the molecule is CC(C)c1cc2c(NCCCOCC3CC3)nccn2n1. The average Bonchev–Trinajstić information content (AvgIpc) is 3.18. The van der Waals surface area contributed by atoms with Crippen LogP contribution in [-0.2, 0) is 4.74 Å². The summed E-state index contributed by atoms with van der Waals surface area (Å²) in [6.45, 7) is 6.94. The van der Waals surface area contributed by atoms with E-state index in [9.17, 15) is 0 Å². The van der Waals surface area contributed by atoms with Gasteiger partial charge in [-0.2, -0.15) is 5.10 Å². The van der Waals surface area contributed by atoms with E-state index in [2.05, 4.69) is 35.3 Å². The van der Waals surface area contributed by atoms with Crippen LogP contribution in [0, 0.1) is 5.92 Å². The van der Waals surface area contributed by atoms with Crippen LogP contribution in [0.25, 0.3) is 5.52 Å². The number of fused-ring (bicyclic) bond motifs is 1. The minimum Gasteiger partial charge on any atom is -0.381 e. The minimum atomic E-state index is 0.425. The first-order valence-electron chi connectivity index (χ1n) is 7.90. The summed E-state index contributed by atoms with van der Waals surface area (Å²) in [4.78, 5) is 4.42. The van der Waals surface area contributed by atoms with Crippen LogP contribution in [0.2, 0.25) is 0 Å². The molecule has 0 spiro atoms. The molecule has 0 aromatic carbocycles. The number of anilines is 1. The molecule has 0 atom stereocenters. The molecule has 2 heterocycles. The Morgan fingerprint density at radius 3 is 3.05 bits per heavy atom. The van der Waals surface area contributed by atoms with E-state index < -0.39 is 0 Å². The molecular weight excluding hydrogens is 264 g/mol. The Morgan fingerprint density at radius 2 is 2.29 bits per heavy atom. The van der Waals surface area contributed by atoms with Gasteiger partial charge in [0.15, 0.2) is 5.82 Å². The van der Waals surface area contributed by atoms with Crippen LogP contribution < -0.4 is 5.32 Å². The second-order valence-corrected chi connectivity index (χ2v) is 6.13. The molecule has 3 rings (SSSR count). The van der Waals surface area contributed by atoms with E-state index in [1.807, 2.05) is 10.7 Å². The van der Waals surface area contributed by atoms with Gasteiger partial charge in [0, 0.05) is 32.2 Å². The van der Waals surface area contributed by atoms with Crippen LogP contribution in [0.1, 0.15) is 44.7 Å². The molecule has 0 unspecified atom stereocenters. The zero-order valence-corrected chi connectivity index (χ0v) is 12.9. The molecule has 0 saturated heterocycles. The molecule has 1 saturated carbocycles. The normalized spacial score (nSPS) is 15.0. The Balaban J connectivity index is 1.53. The Morgan fingerprint density at radius 1 is 1.43 bits per heavy atom. The van der Waals surface area contributed by atoms with Crippen molar-refractivity contribution in [2.75, 3.05) is 25.1 Å². The summed E-state index contributed by atoms with van der Waals surface area (Å²) in [5.41, 5.74) is 2.14. The maximum absolute atomic E-state index is 5.64. The topological polar surface area (TPSA) is 51.5 Å². The standard InChI is InChI=1S/C16H24N4O/c1-12(2)14-10-15-16(18-7-8-20(15)19-14)17-6-3-9-21-11-13-4-5-13/h7-8,10,12-13H,3-6,9,11H2,1-2H3,(H,17,18). The van der Waals surface area contributed by atoms with Gasteiger partial charge >= 0.3 is 0 Å². The maximum atomic E-state index is 5.64. The number of aromatic nitrogens is 3. The Hall–Kier alpha value is -1.62. The summed E-state index contributed by atoms with van der Waals surface area (Å²) >= 11 is 0. The molecular formula is C16H24N4O. The molecule has 1 aliphatic carbocycles. The molecule has 0 amide bonds. The summed E-state index contributed by atoms with van der Waals surface area (Å²) in [7, 11) is 0. The first kappa shape index (κ1) is 14.3. The van der Waals surface area contributed by atoms with Crippen molar-refractivity contribution in [3.05, 3.63) is 24.2 Å². The number of nitrogens with one attached hydrogen (secondary N) is 1. The quantitative estimate of drug-likeness (QED) is 0.758. The number of rotatable bonds is 8. The van der Waals surface area contributed by atoms with Crippen molar-refractivity contribution in [3.63, 3.8) is 0 Å². The zero-order valence-electron chi connectivity index (χ0n) is 12.9. The van der Waals surface area contributed by atoms with E-state index in [1.54, 1.807) is 6.20 Å². The summed E-state index contributed by atoms with van der Waals surface area (Å²) in [5.74, 6) is 2.17. The van der Waals surface area contributed by atoms with E-state index in [4.69, 9.17) is 4.74 Å². The third kappa shape index (κ3) is 3.73. The fourth-order valence-electron chi connectivity index (χ4n) is 2.27. The predicted octanol–water partition coefficient (Wildman–Crippen LogP) is 3.08. The van der Waals surface area contributed by atoms with E-state index in [1.165, 1.54) is 12.8 Å². The lowest BCUT2D eigenvalue weighted by atomic mass is 10.1. The highest BCUT2D eigenvalue weighted by Gasteiger charge is 2.20. The monoisotopic (exact) mass is 288 g/mol. The molecule has 2 aromatic rings. The van der Waals surface area contributed by atoms with Crippen molar-refractivity contribution in [3.8, 4) is 0 Å². The third-order valence-corrected chi connectivity index (χ3v) is 3.81. The maximum Gasteiger partial charge on any atom is 0.152 e. The van der Waals surface area contributed by atoms with Gasteiger partial charge in [0.2, 0.25) is 0 Å². The van der Waals surface area contributed by atoms with Gasteiger partial charge < -0.3 is 10.1 Å². The van der Waals surface area contributed by atoms with Crippen LogP contribution in [0.5, 0.6) is 0 Å². The Bertz CT molecular complexity index is 589. The van der Waals surface area contributed by atoms with E-state index in [0.717, 1.165) is 49.1 Å². The summed E-state index contributed by atoms with van der Waals surface area (Å²) in [6.07, 6.45) is 7.38. The molecule has 0 bridgehead atoms. The lowest BCUT2D eigenvalue weighted by Crippen LogP contribution is -2.08. The molecule has 1 fully saturated rings. The highest BCUT2D eigenvalue weighted by molar-refractivity contribution is 5.67. The molecule has 2 aromatic heterocycles. The van der Waals surface area contributed by atoms with Gasteiger partial charge in [-0.15, -0.1) is 0 Å². The number of ether oxygens (including phenoxy) is 1. The van der Waals surface area contributed by atoms with Crippen molar-refractivity contribution in [2.24, 2.45) is 5.92 Å². The van der Waals surface area contributed by atoms with Gasteiger partial charge in [0.25, 0.3) is 0 Å². The van der Waals surface area contributed by atoms with Crippen molar-refractivity contribution in [1.29, 1.82) is 0 Å². The molecule has 114 valence electrons.